The number of nitrogens with zero attached hydrogens (tertiary/aromatic N) is 1. The molecule has 1 heterocycles. The molecular weight excluding hydrogens is 336 g/mol. The molecule has 0 fully saturated rings. The number of benzene rings is 2. The monoisotopic (exact) mass is 346 g/mol. The van der Waals surface area contributed by atoms with Gasteiger partial charge in [0.05, 0.1) is 11.1 Å². The second kappa shape index (κ2) is 5.52. The van der Waals surface area contributed by atoms with Crippen LogP contribution in [-0.4, -0.2) is 4.98 Å². The molecule has 1 unspecified atom stereocenters. The summed E-state index contributed by atoms with van der Waals surface area (Å²) >= 11 is 9.78. The summed E-state index contributed by atoms with van der Waals surface area (Å²) in [7, 11) is 0. The zero-order valence-corrected chi connectivity index (χ0v) is 12.9. The zero-order valence-electron chi connectivity index (χ0n) is 10.6. The maximum absolute atomic E-state index is 6.42. The van der Waals surface area contributed by atoms with Crippen molar-refractivity contribution in [3.05, 3.63) is 75.5 Å². The van der Waals surface area contributed by atoms with Crippen molar-refractivity contribution in [1.82, 2.24) is 4.98 Å². The molecule has 1 atom stereocenters. The standard InChI is InChI=1S/C16H12BrClN2/c17-14-6-2-5-12(15(14)18)16(19)11-4-1-3-10-7-8-20-9-13(10)11/h1-9,16H,19H2. The van der Waals surface area contributed by atoms with E-state index in [0.29, 0.717) is 5.02 Å². The first-order valence-corrected chi connectivity index (χ1v) is 7.37. The molecule has 0 aliphatic heterocycles. The maximum Gasteiger partial charge on any atom is 0.0599 e. The van der Waals surface area contributed by atoms with Crippen LogP contribution in [0.25, 0.3) is 10.8 Å². The van der Waals surface area contributed by atoms with Crippen molar-refractivity contribution < 1.29 is 0 Å². The molecule has 3 rings (SSSR count). The Bertz CT molecular complexity index is 768. The summed E-state index contributed by atoms with van der Waals surface area (Å²) in [6.45, 7) is 0. The first-order chi connectivity index (χ1) is 9.68. The molecule has 2 aromatic carbocycles. The first kappa shape index (κ1) is 13.6. The van der Waals surface area contributed by atoms with Crippen molar-refractivity contribution in [3.63, 3.8) is 0 Å². The fourth-order valence-corrected chi connectivity index (χ4v) is 2.96. The van der Waals surface area contributed by atoms with Crippen molar-refractivity contribution in [1.29, 1.82) is 0 Å². The zero-order chi connectivity index (χ0) is 14.1. The van der Waals surface area contributed by atoms with E-state index in [9.17, 15) is 0 Å². The Morgan fingerprint density at radius 2 is 1.80 bits per heavy atom. The highest BCUT2D eigenvalue weighted by atomic mass is 79.9. The Kier molecular flexibility index (Phi) is 3.74. The third kappa shape index (κ3) is 2.33. The van der Waals surface area contributed by atoms with Crippen LogP contribution in [0.1, 0.15) is 17.2 Å². The van der Waals surface area contributed by atoms with Crippen molar-refractivity contribution in [2.45, 2.75) is 6.04 Å². The average molecular weight is 348 g/mol. The van der Waals surface area contributed by atoms with Crippen molar-refractivity contribution in [2.24, 2.45) is 5.73 Å². The van der Waals surface area contributed by atoms with Gasteiger partial charge in [-0.15, -0.1) is 0 Å². The number of nitrogens with two attached hydrogens (primary N) is 1. The molecule has 4 heteroatoms. The second-order valence-electron chi connectivity index (χ2n) is 4.56. The molecule has 2 nitrogen and oxygen atoms in total. The van der Waals surface area contributed by atoms with Gasteiger partial charge in [-0.1, -0.05) is 41.9 Å². The quantitative estimate of drug-likeness (QED) is 0.730. The minimum absolute atomic E-state index is 0.284. The Morgan fingerprint density at radius 3 is 2.65 bits per heavy atom. The molecule has 0 aliphatic carbocycles. The summed E-state index contributed by atoms with van der Waals surface area (Å²) < 4.78 is 0.852. The molecule has 0 spiro atoms. The van der Waals surface area contributed by atoms with E-state index in [1.54, 1.807) is 6.20 Å². The van der Waals surface area contributed by atoms with E-state index in [0.717, 1.165) is 26.4 Å². The van der Waals surface area contributed by atoms with Gasteiger partial charge in [-0.3, -0.25) is 4.98 Å². The number of fused-ring (bicyclic) bond motifs is 1. The van der Waals surface area contributed by atoms with E-state index < -0.39 is 0 Å². The number of hydrogen-bond donors (Lipinski definition) is 1. The van der Waals surface area contributed by atoms with Crippen LogP contribution in [-0.2, 0) is 0 Å². The van der Waals surface area contributed by atoms with Gasteiger partial charge in [-0.2, -0.15) is 0 Å². The number of hydrogen-bond acceptors (Lipinski definition) is 2. The smallest absolute Gasteiger partial charge is 0.0599 e. The summed E-state index contributed by atoms with van der Waals surface area (Å²) in [4.78, 5) is 4.19. The van der Waals surface area contributed by atoms with E-state index in [1.165, 1.54) is 0 Å². The number of rotatable bonds is 2. The van der Waals surface area contributed by atoms with Gasteiger partial charge in [0, 0.05) is 22.3 Å². The van der Waals surface area contributed by atoms with Gasteiger partial charge in [0.2, 0.25) is 0 Å². The van der Waals surface area contributed by atoms with Crippen LogP contribution >= 0.6 is 27.5 Å². The highest BCUT2D eigenvalue weighted by Crippen LogP contribution is 2.34. The van der Waals surface area contributed by atoms with Crippen molar-refractivity contribution in [3.8, 4) is 0 Å². The summed E-state index contributed by atoms with van der Waals surface area (Å²) in [5.74, 6) is 0. The highest BCUT2D eigenvalue weighted by molar-refractivity contribution is 9.10. The largest absolute Gasteiger partial charge is 0.320 e. The molecule has 0 saturated heterocycles. The average Bonchev–Trinajstić information content (AvgIpc) is 2.49. The molecule has 2 N–H and O–H groups in total. The van der Waals surface area contributed by atoms with Crippen molar-refractivity contribution >= 4 is 38.3 Å². The molecule has 0 amide bonds. The topological polar surface area (TPSA) is 38.9 Å². The summed E-state index contributed by atoms with van der Waals surface area (Å²) in [5, 5.41) is 2.83. The molecule has 0 aliphatic rings. The number of pyridine rings is 1. The molecule has 3 aromatic rings. The highest BCUT2D eigenvalue weighted by Gasteiger charge is 2.16. The van der Waals surface area contributed by atoms with Gasteiger partial charge in [0.25, 0.3) is 0 Å². The van der Waals surface area contributed by atoms with Crippen LogP contribution in [0.5, 0.6) is 0 Å². The van der Waals surface area contributed by atoms with E-state index in [1.807, 2.05) is 42.6 Å². The molecule has 0 radical (unpaired) electrons. The predicted molar refractivity (Wildman–Crippen MR) is 86.9 cm³/mol. The van der Waals surface area contributed by atoms with Crippen LogP contribution < -0.4 is 5.73 Å². The van der Waals surface area contributed by atoms with E-state index in [2.05, 4.69) is 27.0 Å². The first-order valence-electron chi connectivity index (χ1n) is 6.20. The lowest BCUT2D eigenvalue weighted by atomic mass is 9.95. The van der Waals surface area contributed by atoms with Gasteiger partial charge in [-0.05, 0) is 44.6 Å². The third-order valence-corrected chi connectivity index (χ3v) is 4.68. The van der Waals surface area contributed by atoms with Gasteiger partial charge >= 0.3 is 0 Å². The van der Waals surface area contributed by atoms with Gasteiger partial charge in [0.1, 0.15) is 0 Å². The second-order valence-corrected chi connectivity index (χ2v) is 5.80. The molecule has 0 saturated carbocycles. The Balaban J connectivity index is 2.18. The number of halogens is 2. The lowest BCUT2D eigenvalue weighted by molar-refractivity contribution is 0.879. The van der Waals surface area contributed by atoms with Gasteiger partial charge in [0.15, 0.2) is 0 Å². The minimum atomic E-state index is -0.284. The predicted octanol–water partition coefficient (Wildman–Crippen LogP) is 4.70. The molecule has 0 bridgehead atoms. The van der Waals surface area contributed by atoms with Crippen LogP contribution in [0.3, 0.4) is 0 Å². The molecule has 20 heavy (non-hydrogen) atoms. The molecular formula is C16H12BrClN2. The van der Waals surface area contributed by atoms with E-state index in [4.69, 9.17) is 17.3 Å². The van der Waals surface area contributed by atoms with Crippen LogP contribution in [0, 0.1) is 0 Å². The fourth-order valence-electron chi connectivity index (χ4n) is 2.34. The Hall–Kier alpha value is -1.42. The Morgan fingerprint density at radius 1 is 1.05 bits per heavy atom. The van der Waals surface area contributed by atoms with Crippen LogP contribution in [0.15, 0.2) is 59.3 Å². The SMILES string of the molecule is NC(c1cccc(Br)c1Cl)c1cccc2ccncc12. The van der Waals surface area contributed by atoms with Gasteiger partial charge in [-0.25, -0.2) is 0 Å². The fraction of sp³-hybridized carbons (Fsp3) is 0.0625. The lowest BCUT2D eigenvalue weighted by Gasteiger charge is -2.17. The lowest BCUT2D eigenvalue weighted by Crippen LogP contribution is -2.13. The maximum atomic E-state index is 6.42. The van der Waals surface area contributed by atoms with Crippen LogP contribution in [0.4, 0.5) is 0 Å². The summed E-state index contributed by atoms with van der Waals surface area (Å²) in [6, 6.07) is 13.6. The normalized spacial score (nSPS) is 12.6. The van der Waals surface area contributed by atoms with Crippen LogP contribution in [0.2, 0.25) is 5.02 Å². The summed E-state index contributed by atoms with van der Waals surface area (Å²) in [6.07, 6.45) is 3.63. The molecule has 100 valence electrons. The summed E-state index contributed by atoms with van der Waals surface area (Å²) in [5.41, 5.74) is 8.34. The van der Waals surface area contributed by atoms with E-state index in [-0.39, 0.29) is 6.04 Å². The number of aromatic nitrogens is 1. The Labute approximate surface area is 130 Å². The minimum Gasteiger partial charge on any atom is -0.320 e. The van der Waals surface area contributed by atoms with E-state index >= 15 is 0 Å². The third-order valence-electron chi connectivity index (χ3n) is 3.37. The van der Waals surface area contributed by atoms with Gasteiger partial charge < -0.3 is 5.73 Å². The molecule has 1 aromatic heterocycles. The van der Waals surface area contributed by atoms with Crippen molar-refractivity contribution in [2.75, 3.05) is 0 Å².